The number of hydrogen-bond acceptors (Lipinski definition) is 3. The second kappa shape index (κ2) is 5.02. The molecule has 0 heterocycles. The minimum Gasteiger partial charge on any atom is -0.313 e. The Morgan fingerprint density at radius 1 is 1.25 bits per heavy atom. The molecular formula is C11H22N2O2S. The summed E-state index contributed by atoms with van der Waals surface area (Å²) in [5.41, 5.74) is 0. The summed E-state index contributed by atoms with van der Waals surface area (Å²) in [6.45, 7) is 2.88. The molecule has 2 saturated carbocycles. The third-order valence-electron chi connectivity index (χ3n) is 3.88. The van der Waals surface area contributed by atoms with Crippen molar-refractivity contribution in [3.05, 3.63) is 0 Å². The molecule has 2 aliphatic rings. The van der Waals surface area contributed by atoms with E-state index in [0.29, 0.717) is 19.1 Å². The topological polar surface area (TPSA) is 58.2 Å². The predicted molar refractivity (Wildman–Crippen MR) is 64.7 cm³/mol. The molecule has 0 spiro atoms. The Balaban J connectivity index is 1.69. The van der Waals surface area contributed by atoms with Gasteiger partial charge in [-0.05, 0) is 31.1 Å². The Morgan fingerprint density at radius 2 is 2.06 bits per heavy atom. The van der Waals surface area contributed by atoms with Crippen LogP contribution in [0.25, 0.3) is 0 Å². The Morgan fingerprint density at radius 3 is 2.62 bits per heavy atom. The van der Waals surface area contributed by atoms with Gasteiger partial charge in [-0.3, -0.25) is 0 Å². The SMILES string of the molecule is CCNS(=O)(=O)CCNC1CC2CCC1C2. The maximum absolute atomic E-state index is 11.4. The molecule has 2 bridgehead atoms. The lowest BCUT2D eigenvalue weighted by atomic mass is 9.95. The quantitative estimate of drug-likeness (QED) is 0.725. The lowest BCUT2D eigenvalue weighted by molar-refractivity contribution is 0.358. The molecule has 16 heavy (non-hydrogen) atoms. The van der Waals surface area contributed by atoms with Crippen molar-refractivity contribution >= 4 is 10.0 Å². The van der Waals surface area contributed by atoms with Crippen LogP contribution in [0.1, 0.15) is 32.6 Å². The summed E-state index contributed by atoms with van der Waals surface area (Å²) in [7, 11) is -3.05. The lowest BCUT2D eigenvalue weighted by Gasteiger charge is -2.22. The molecular weight excluding hydrogens is 224 g/mol. The van der Waals surface area contributed by atoms with Crippen LogP contribution in [0.5, 0.6) is 0 Å². The van der Waals surface area contributed by atoms with Gasteiger partial charge in [-0.25, -0.2) is 13.1 Å². The van der Waals surface area contributed by atoms with Gasteiger partial charge >= 0.3 is 0 Å². The van der Waals surface area contributed by atoms with Crippen LogP contribution in [0.4, 0.5) is 0 Å². The first-order valence-electron chi connectivity index (χ1n) is 6.31. The van der Waals surface area contributed by atoms with Crippen LogP contribution in [0.2, 0.25) is 0 Å². The number of rotatable bonds is 6. The molecule has 0 aliphatic heterocycles. The first kappa shape index (κ1) is 12.3. The van der Waals surface area contributed by atoms with Gasteiger partial charge in [-0.1, -0.05) is 13.3 Å². The van der Waals surface area contributed by atoms with Crippen LogP contribution in [-0.4, -0.2) is 33.3 Å². The molecule has 0 aromatic heterocycles. The van der Waals surface area contributed by atoms with Crippen molar-refractivity contribution in [2.45, 2.75) is 38.6 Å². The van der Waals surface area contributed by atoms with Crippen molar-refractivity contribution < 1.29 is 8.42 Å². The second-order valence-corrected chi connectivity index (χ2v) is 6.98. The summed E-state index contributed by atoms with van der Waals surface area (Å²) < 4.78 is 25.3. The zero-order valence-corrected chi connectivity index (χ0v) is 10.7. The van der Waals surface area contributed by atoms with E-state index in [1.54, 1.807) is 6.92 Å². The van der Waals surface area contributed by atoms with Crippen LogP contribution < -0.4 is 10.0 Å². The smallest absolute Gasteiger partial charge is 0.212 e. The van der Waals surface area contributed by atoms with E-state index >= 15 is 0 Å². The maximum atomic E-state index is 11.4. The van der Waals surface area contributed by atoms with Crippen LogP contribution in [0, 0.1) is 11.8 Å². The molecule has 2 N–H and O–H groups in total. The van der Waals surface area contributed by atoms with E-state index < -0.39 is 10.0 Å². The van der Waals surface area contributed by atoms with Gasteiger partial charge in [0.1, 0.15) is 0 Å². The predicted octanol–water partition coefficient (Wildman–Crippen LogP) is 0.704. The van der Waals surface area contributed by atoms with Gasteiger partial charge in [-0.2, -0.15) is 0 Å². The van der Waals surface area contributed by atoms with Gasteiger partial charge < -0.3 is 5.32 Å². The highest BCUT2D eigenvalue weighted by Gasteiger charge is 2.38. The lowest BCUT2D eigenvalue weighted by Crippen LogP contribution is -2.39. The Hall–Kier alpha value is -0.130. The van der Waals surface area contributed by atoms with Crippen molar-refractivity contribution in [1.29, 1.82) is 0 Å². The largest absolute Gasteiger partial charge is 0.313 e. The first-order valence-corrected chi connectivity index (χ1v) is 7.96. The summed E-state index contributed by atoms with van der Waals surface area (Å²) in [5, 5.41) is 3.41. The third kappa shape index (κ3) is 2.96. The molecule has 2 fully saturated rings. The van der Waals surface area contributed by atoms with Crippen molar-refractivity contribution in [1.82, 2.24) is 10.0 Å². The maximum Gasteiger partial charge on any atom is 0.212 e. The van der Waals surface area contributed by atoms with Crippen LogP contribution in [-0.2, 0) is 10.0 Å². The van der Waals surface area contributed by atoms with E-state index in [0.717, 1.165) is 11.8 Å². The fourth-order valence-electron chi connectivity index (χ4n) is 3.17. The van der Waals surface area contributed by atoms with Crippen molar-refractivity contribution in [3.8, 4) is 0 Å². The minimum absolute atomic E-state index is 0.203. The summed E-state index contributed by atoms with van der Waals surface area (Å²) in [4.78, 5) is 0. The molecule has 0 aromatic carbocycles. The van der Waals surface area contributed by atoms with Gasteiger partial charge in [0.05, 0.1) is 5.75 Å². The monoisotopic (exact) mass is 246 g/mol. The molecule has 2 rings (SSSR count). The normalized spacial score (nSPS) is 33.4. The number of fused-ring (bicyclic) bond motifs is 2. The fraction of sp³-hybridized carbons (Fsp3) is 1.00. The third-order valence-corrected chi connectivity index (χ3v) is 5.35. The van der Waals surface area contributed by atoms with Crippen LogP contribution in [0.15, 0.2) is 0 Å². The Labute approximate surface area is 98.2 Å². The van der Waals surface area contributed by atoms with E-state index in [1.807, 2.05) is 0 Å². The average molecular weight is 246 g/mol. The average Bonchev–Trinajstić information content (AvgIpc) is 2.78. The van der Waals surface area contributed by atoms with E-state index in [1.165, 1.54) is 25.7 Å². The van der Waals surface area contributed by atoms with E-state index in [2.05, 4.69) is 10.0 Å². The van der Waals surface area contributed by atoms with Gasteiger partial charge in [-0.15, -0.1) is 0 Å². The summed E-state index contributed by atoms with van der Waals surface area (Å²) in [5.74, 6) is 1.93. The Kier molecular flexibility index (Phi) is 3.87. The van der Waals surface area contributed by atoms with Crippen LogP contribution in [0.3, 0.4) is 0 Å². The molecule has 3 unspecified atom stereocenters. The zero-order valence-electron chi connectivity index (χ0n) is 9.91. The molecule has 3 atom stereocenters. The van der Waals surface area contributed by atoms with Gasteiger partial charge in [0, 0.05) is 19.1 Å². The van der Waals surface area contributed by atoms with Crippen molar-refractivity contribution in [2.75, 3.05) is 18.8 Å². The highest BCUT2D eigenvalue weighted by molar-refractivity contribution is 7.89. The highest BCUT2D eigenvalue weighted by Crippen LogP contribution is 2.44. The highest BCUT2D eigenvalue weighted by atomic mass is 32.2. The molecule has 2 aliphatic carbocycles. The first-order chi connectivity index (χ1) is 7.61. The number of hydrogen-bond donors (Lipinski definition) is 2. The molecule has 0 saturated heterocycles. The summed E-state index contributed by atoms with van der Waals surface area (Å²) in [6.07, 6.45) is 5.34. The van der Waals surface area contributed by atoms with Crippen molar-refractivity contribution in [2.24, 2.45) is 11.8 Å². The van der Waals surface area contributed by atoms with E-state index in [-0.39, 0.29) is 5.75 Å². The zero-order chi connectivity index (χ0) is 11.6. The fourth-order valence-corrected chi connectivity index (χ4v) is 4.14. The van der Waals surface area contributed by atoms with E-state index in [4.69, 9.17) is 0 Å². The van der Waals surface area contributed by atoms with E-state index in [9.17, 15) is 8.42 Å². The number of sulfonamides is 1. The molecule has 0 aromatic rings. The van der Waals surface area contributed by atoms with Gasteiger partial charge in [0.15, 0.2) is 0 Å². The molecule has 94 valence electrons. The molecule has 5 heteroatoms. The molecule has 4 nitrogen and oxygen atoms in total. The van der Waals surface area contributed by atoms with Gasteiger partial charge in [0.2, 0.25) is 10.0 Å². The van der Waals surface area contributed by atoms with Gasteiger partial charge in [0.25, 0.3) is 0 Å². The Bertz CT molecular complexity index is 329. The van der Waals surface area contributed by atoms with Crippen molar-refractivity contribution in [3.63, 3.8) is 0 Å². The van der Waals surface area contributed by atoms with Crippen LogP contribution >= 0.6 is 0 Å². The summed E-state index contributed by atoms with van der Waals surface area (Å²) in [6, 6.07) is 0.579. The second-order valence-electron chi connectivity index (χ2n) is 5.05. The molecule has 0 radical (unpaired) electrons. The standard InChI is InChI=1S/C11H22N2O2S/c1-2-13-16(14,15)6-5-12-11-8-9-3-4-10(11)7-9/h9-13H,2-8H2,1H3. The minimum atomic E-state index is -3.05. The summed E-state index contributed by atoms with van der Waals surface area (Å²) >= 11 is 0. The molecule has 0 amide bonds. The number of nitrogens with one attached hydrogen (secondary N) is 2.